The van der Waals surface area contributed by atoms with Crippen LogP contribution < -0.4 is 10.3 Å². The van der Waals surface area contributed by atoms with Gasteiger partial charge in [-0.1, -0.05) is 0 Å². The molecule has 2 aromatic heterocycles. The van der Waals surface area contributed by atoms with Gasteiger partial charge in [-0.15, -0.1) is 0 Å². The van der Waals surface area contributed by atoms with Crippen molar-refractivity contribution in [2.75, 3.05) is 6.26 Å². The largest absolute Gasteiger partial charge is 0.450 e. The van der Waals surface area contributed by atoms with E-state index in [-0.39, 0.29) is 22.8 Å². The number of pyridine rings is 1. The highest BCUT2D eigenvalue weighted by atomic mass is 32.2. The number of hydrogen-bond acceptors (Lipinski definition) is 5. The Morgan fingerprint density at radius 1 is 1.21 bits per heavy atom. The fraction of sp³-hybridized carbons (Fsp3) is 0.211. The summed E-state index contributed by atoms with van der Waals surface area (Å²) in [7, 11) is 0.432. The zero-order valence-corrected chi connectivity index (χ0v) is 16.2. The number of benzene rings is 1. The first-order chi connectivity index (χ1) is 13.2. The number of ether oxygens (including phenoxy) is 1. The molecule has 0 fully saturated rings. The van der Waals surface area contributed by atoms with Gasteiger partial charge >= 0.3 is 0 Å². The van der Waals surface area contributed by atoms with Gasteiger partial charge in [0.2, 0.25) is 0 Å². The first kappa shape index (κ1) is 19.8. The Morgan fingerprint density at radius 3 is 2.61 bits per heavy atom. The van der Waals surface area contributed by atoms with Gasteiger partial charge < -0.3 is 9.30 Å². The lowest BCUT2D eigenvalue weighted by molar-refractivity contribution is 0.435. The van der Waals surface area contributed by atoms with Gasteiger partial charge in [0, 0.05) is 47.5 Å². The summed E-state index contributed by atoms with van der Waals surface area (Å²) in [6.07, 6.45) is 4.43. The molecule has 0 N–H and O–H groups in total. The van der Waals surface area contributed by atoms with Crippen molar-refractivity contribution >= 4 is 10.8 Å². The molecule has 9 heteroatoms. The predicted molar refractivity (Wildman–Crippen MR) is 102 cm³/mol. The highest BCUT2D eigenvalue weighted by Crippen LogP contribution is 2.32. The Kier molecular flexibility index (Phi) is 5.64. The van der Waals surface area contributed by atoms with Crippen LogP contribution in [0.5, 0.6) is 11.5 Å². The van der Waals surface area contributed by atoms with Crippen molar-refractivity contribution in [1.29, 1.82) is 0 Å². The molecule has 0 aliphatic carbocycles. The van der Waals surface area contributed by atoms with Crippen LogP contribution in [0, 0.1) is 18.6 Å². The van der Waals surface area contributed by atoms with E-state index < -0.39 is 22.4 Å². The molecule has 1 unspecified atom stereocenters. The van der Waals surface area contributed by atoms with Crippen molar-refractivity contribution in [2.45, 2.75) is 12.7 Å². The van der Waals surface area contributed by atoms with E-state index in [9.17, 15) is 17.8 Å². The van der Waals surface area contributed by atoms with Gasteiger partial charge in [0.15, 0.2) is 17.3 Å². The lowest BCUT2D eigenvalue weighted by atomic mass is 10.1. The number of aryl methyl sites for hydroxylation is 2. The number of nitrogens with zero attached hydrogens (tertiary/aromatic N) is 3. The highest BCUT2D eigenvalue weighted by molar-refractivity contribution is 7.83. The maximum atomic E-state index is 14.0. The maximum Gasteiger partial charge on any atom is 0.253 e. The first-order valence-corrected chi connectivity index (χ1v) is 9.94. The molecule has 0 radical (unpaired) electrons. The second-order valence-electron chi connectivity index (χ2n) is 6.22. The Morgan fingerprint density at radius 2 is 1.96 bits per heavy atom. The Labute approximate surface area is 162 Å². The van der Waals surface area contributed by atoms with E-state index in [0.717, 1.165) is 12.1 Å². The Bertz CT molecular complexity index is 1110. The first-order valence-electron chi connectivity index (χ1n) is 8.21. The summed E-state index contributed by atoms with van der Waals surface area (Å²) in [5.74, 6) is -1.23. The molecule has 0 saturated carbocycles. The van der Waals surface area contributed by atoms with Crippen LogP contribution in [0.25, 0.3) is 11.3 Å². The summed E-state index contributed by atoms with van der Waals surface area (Å²) in [4.78, 5) is 20.5. The quantitative estimate of drug-likeness (QED) is 0.652. The van der Waals surface area contributed by atoms with Crippen molar-refractivity contribution in [1.82, 2.24) is 14.5 Å². The lowest BCUT2D eigenvalue weighted by Crippen LogP contribution is -2.18. The van der Waals surface area contributed by atoms with E-state index in [2.05, 4.69) is 9.97 Å². The molecule has 1 aromatic carbocycles. The van der Waals surface area contributed by atoms with Gasteiger partial charge in [0.05, 0.1) is 11.9 Å². The Balaban J connectivity index is 2.14. The van der Waals surface area contributed by atoms with E-state index in [0.29, 0.717) is 28.7 Å². The molecule has 1 atom stereocenters. The zero-order valence-electron chi connectivity index (χ0n) is 15.4. The van der Waals surface area contributed by atoms with Crippen LogP contribution in [0.15, 0.2) is 41.5 Å². The molecule has 2 heterocycles. The third-order valence-corrected chi connectivity index (χ3v) is 4.55. The molecule has 0 bridgehead atoms. The van der Waals surface area contributed by atoms with Crippen LogP contribution in [0.4, 0.5) is 8.78 Å². The van der Waals surface area contributed by atoms with E-state index in [1.54, 1.807) is 26.2 Å². The minimum atomic E-state index is -1.17. The second kappa shape index (κ2) is 7.97. The van der Waals surface area contributed by atoms with Gasteiger partial charge in [0.25, 0.3) is 5.56 Å². The van der Waals surface area contributed by atoms with Gasteiger partial charge in [-0.25, -0.2) is 18.7 Å². The van der Waals surface area contributed by atoms with Crippen molar-refractivity contribution in [3.63, 3.8) is 0 Å². The van der Waals surface area contributed by atoms with E-state index >= 15 is 0 Å². The van der Waals surface area contributed by atoms with Crippen LogP contribution in [-0.2, 0) is 23.6 Å². The van der Waals surface area contributed by atoms with Crippen molar-refractivity contribution in [2.24, 2.45) is 7.05 Å². The summed E-state index contributed by atoms with van der Waals surface area (Å²) in [5.41, 5.74) is 1.17. The van der Waals surface area contributed by atoms with Crippen molar-refractivity contribution < 1.29 is 17.7 Å². The number of hydrogen-bond donors (Lipinski definition) is 0. The zero-order chi connectivity index (χ0) is 20.4. The summed E-state index contributed by atoms with van der Waals surface area (Å²) < 4.78 is 45.7. The molecule has 3 rings (SSSR count). The van der Waals surface area contributed by atoms with Gasteiger partial charge in [-0.3, -0.25) is 9.00 Å². The third kappa shape index (κ3) is 4.30. The lowest BCUT2D eigenvalue weighted by Gasteiger charge is -2.13. The van der Waals surface area contributed by atoms with Crippen LogP contribution >= 0.6 is 0 Å². The molecule has 6 nitrogen and oxygen atoms in total. The molecule has 146 valence electrons. The molecule has 0 aliphatic heterocycles. The maximum absolute atomic E-state index is 14.0. The monoisotopic (exact) mass is 405 g/mol. The topological polar surface area (TPSA) is 74.1 Å². The van der Waals surface area contributed by atoms with Gasteiger partial charge in [0.1, 0.15) is 17.3 Å². The molecular weight excluding hydrogens is 388 g/mol. The van der Waals surface area contributed by atoms with E-state index in [1.807, 2.05) is 0 Å². The minimum absolute atomic E-state index is 0.120. The van der Waals surface area contributed by atoms with Crippen molar-refractivity contribution in [3.8, 4) is 22.8 Å². The smallest absolute Gasteiger partial charge is 0.253 e. The van der Waals surface area contributed by atoms with Crippen LogP contribution in [0.2, 0.25) is 0 Å². The Hall–Kier alpha value is -2.94. The average Bonchev–Trinajstić information content (AvgIpc) is 2.62. The average molecular weight is 405 g/mol. The van der Waals surface area contributed by atoms with Gasteiger partial charge in [-0.2, -0.15) is 0 Å². The summed E-state index contributed by atoms with van der Waals surface area (Å²) in [5, 5.41) is 0. The number of aromatic nitrogens is 3. The minimum Gasteiger partial charge on any atom is -0.450 e. The van der Waals surface area contributed by atoms with Crippen LogP contribution in [0.1, 0.15) is 11.4 Å². The van der Waals surface area contributed by atoms with Gasteiger partial charge in [-0.05, 0) is 25.1 Å². The molecule has 0 spiro atoms. The molecular formula is C19H17F2N3O3S. The van der Waals surface area contributed by atoms with E-state index in [1.165, 1.54) is 17.0 Å². The number of halogens is 2. The normalized spacial score (nSPS) is 12.0. The van der Waals surface area contributed by atoms with E-state index in [4.69, 9.17) is 4.74 Å². The highest BCUT2D eigenvalue weighted by Gasteiger charge is 2.16. The third-order valence-electron chi connectivity index (χ3n) is 3.89. The summed E-state index contributed by atoms with van der Waals surface area (Å²) >= 11 is 0. The van der Waals surface area contributed by atoms with Crippen LogP contribution in [0.3, 0.4) is 0 Å². The fourth-order valence-electron chi connectivity index (χ4n) is 2.62. The second-order valence-corrected chi connectivity index (χ2v) is 7.66. The van der Waals surface area contributed by atoms with Crippen molar-refractivity contribution in [3.05, 3.63) is 70.0 Å². The molecule has 28 heavy (non-hydrogen) atoms. The molecule has 3 aromatic rings. The summed E-state index contributed by atoms with van der Waals surface area (Å²) in [6.45, 7) is 1.66. The predicted octanol–water partition coefficient (Wildman–Crippen LogP) is 3.10. The summed E-state index contributed by atoms with van der Waals surface area (Å²) in [6, 6.07) is 4.57. The molecule has 0 aliphatic rings. The SMILES string of the molecule is Cc1cc(-c2nc(CS(C)=O)ncc2Oc2ccc(F)cc2F)cn(C)c1=O. The number of rotatable bonds is 5. The molecule has 0 saturated heterocycles. The van der Waals surface area contributed by atoms with Crippen LogP contribution in [-0.4, -0.2) is 25.0 Å². The standard InChI is InChI=1S/C19H17F2N3O3S/c1-11-6-12(9-24(2)19(11)25)18-16(8-22-17(23-18)10-28(3)26)27-15-5-4-13(20)7-14(15)21/h4-9H,10H2,1-3H3. The fourth-order valence-corrected chi connectivity index (χ4v) is 3.13. The molecule has 0 amide bonds.